The molecule has 0 fully saturated rings. The monoisotopic (exact) mass is 342 g/mol. The van der Waals surface area contributed by atoms with Crippen LogP contribution in [0.25, 0.3) is 11.4 Å². The Morgan fingerprint density at radius 1 is 1.28 bits per heavy atom. The lowest BCUT2D eigenvalue weighted by Gasteiger charge is -2.18. The van der Waals surface area contributed by atoms with E-state index in [4.69, 9.17) is 0 Å². The molecule has 2 aromatic heterocycles. The third-order valence-electron chi connectivity index (χ3n) is 3.69. The minimum Gasteiger partial charge on any atom is -0.340 e. The number of amides is 1. The first-order valence-electron chi connectivity index (χ1n) is 7.50. The molecule has 0 bridgehead atoms. The summed E-state index contributed by atoms with van der Waals surface area (Å²) in [5.41, 5.74) is 0.946. The zero-order valence-corrected chi connectivity index (χ0v) is 13.4. The van der Waals surface area contributed by atoms with Gasteiger partial charge in [-0.2, -0.15) is 0 Å². The Hall–Kier alpha value is -3.29. The van der Waals surface area contributed by atoms with Gasteiger partial charge >= 0.3 is 5.76 Å². The van der Waals surface area contributed by atoms with E-state index in [0.717, 1.165) is 4.57 Å². The van der Waals surface area contributed by atoms with Gasteiger partial charge in [-0.15, -0.1) is 0 Å². The Bertz CT molecular complexity index is 936. The lowest BCUT2D eigenvalue weighted by atomic mass is 10.2. The lowest BCUT2D eigenvalue weighted by Crippen LogP contribution is -2.33. The molecular formula is C17H15FN4O3. The second-order valence-corrected chi connectivity index (χ2v) is 5.44. The molecule has 25 heavy (non-hydrogen) atoms. The van der Waals surface area contributed by atoms with Crippen LogP contribution in [0.2, 0.25) is 0 Å². The number of aromatic nitrogens is 3. The highest BCUT2D eigenvalue weighted by Gasteiger charge is 2.18. The summed E-state index contributed by atoms with van der Waals surface area (Å²) in [6.07, 6.45) is 3.10. The van der Waals surface area contributed by atoms with E-state index >= 15 is 0 Å². The fourth-order valence-corrected chi connectivity index (χ4v) is 2.34. The minimum atomic E-state index is -0.744. The Morgan fingerprint density at radius 2 is 2.08 bits per heavy atom. The molecule has 0 saturated carbocycles. The molecule has 0 aliphatic rings. The third kappa shape index (κ3) is 3.63. The van der Waals surface area contributed by atoms with Crippen LogP contribution in [0.15, 0.2) is 58.1 Å². The van der Waals surface area contributed by atoms with Gasteiger partial charge in [0, 0.05) is 37.1 Å². The highest BCUT2D eigenvalue weighted by molar-refractivity contribution is 5.76. The Labute approximate surface area is 142 Å². The van der Waals surface area contributed by atoms with Crippen LogP contribution < -0.4 is 5.76 Å². The zero-order chi connectivity index (χ0) is 17.8. The fraction of sp³-hybridized carbons (Fsp3) is 0.176. The number of pyridine rings is 1. The first kappa shape index (κ1) is 16.6. The van der Waals surface area contributed by atoms with Crippen LogP contribution in [-0.2, 0) is 17.9 Å². The van der Waals surface area contributed by atoms with Crippen LogP contribution in [-0.4, -0.2) is 32.6 Å². The van der Waals surface area contributed by atoms with E-state index in [1.165, 1.54) is 24.2 Å². The van der Waals surface area contributed by atoms with Crippen LogP contribution in [0.1, 0.15) is 5.56 Å². The zero-order valence-electron chi connectivity index (χ0n) is 13.4. The molecule has 7 nitrogen and oxygen atoms in total. The Balaban J connectivity index is 1.79. The molecular weight excluding hydrogens is 327 g/mol. The van der Waals surface area contributed by atoms with Gasteiger partial charge in [0.2, 0.25) is 5.91 Å². The Kier molecular flexibility index (Phi) is 4.69. The number of likely N-dealkylation sites (N-methyl/N-ethyl adjacent to an activating group) is 1. The van der Waals surface area contributed by atoms with Gasteiger partial charge < -0.3 is 4.90 Å². The van der Waals surface area contributed by atoms with Crippen LogP contribution >= 0.6 is 0 Å². The number of hydrogen-bond acceptors (Lipinski definition) is 5. The third-order valence-corrected chi connectivity index (χ3v) is 3.69. The average molecular weight is 342 g/mol. The molecule has 0 saturated heterocycles. The molecule has 8 heteroatoms. The quantitative estimate of drug-likeness (QED) is 0.705. The molecule has 1 aromatic carbocycles. The summed E-state index contributed by atoms with van der Waals surface area (Å²) in [6.45, 7) is -0.175. The van der Waals surface area contributed by atoms with Crippen molar-refractivity contribution >= 4 is 5.91 Å². The van der Waals surface area contributed by atoms with Crippen molar-refractivity contribution in [1.82, 2.24) is 19.6 Å². The van der Waals surface area contributed by atoms with E-state index < -0.39 is 5.76 Å². The Morgan fingerprint density at radius 3 is 2.80 bits per heavy atom. The summed E-state index contributed by atoms with van der Waals surface area (Å²) in [7, 11) is 1.54. The highest BCUT2D eigenvalue weighted by atomic mass is 19.1. The molecule has 0 aliphatic heterocycles. The summed E-state index contributed by atoms with van der Waals surface area (Å²) in [4.78, 5) is 29.6. The van der Waals surface area contributed by atoms with Gasteiger partial charge in [0.15, 0.2) is 5.82 Å². The second kappa shape index (κ2) is 7.08. The highest BCUT2D eigenvalue weighted by Crippen LogP contribution is 2.14. The predicted molar refractivity (Wildman–Crippen MR) is 86.9 cm³/mol. The largest absolute Gasteiger partial charge is 0.442 e. The number of carbonyl (C=O) groups is 1. The standard InChI is InChI=1S/C17H15FN4O3/c1-21(10-13-5-2-3-7-14(13)18)15(23)11-22-16(20-25-17(22)24)12-6-4-8-19-9-12/h2-9H,10-11H2,1H3. The molecule has 0 aliphatic carbocycles. The van der Waals surface area contributed by atoms with Crippen molar-refractivity contribution in [3.63, 3.8) is 0 Å². The smallest absolute Gasteiger partial charge is 0.340 e. The van der Waals surface area contributed by atoms with Gasteiger partial charge in [0.05, 0.1) is 0 Å². The van der Waals surface area contributed by atoms with Gasteiger partial charge in [-0.25, -0.2) is 13.8 Å². The molecule has 0 radical (unpaired) electrons. The molecule has 0 atom stereocenters. The van der Waals surface area contributed by atoms with Crippen molar-refractivity contribution in [3.8, 4) is 11.4 Å². The average Bonchev–Trinajstić information content (AvgIpc) is 2.98. The molecule has 0 unspecified atom stereocenters. The summed E-state index contributed by atoms with van der Waals surface area (Å²) in [5.74, 6) is -1.30. The summed E-state index contributed by atoms with van der Waals surface area (Å²) >= 11 is 0. The van der Waals surface area contributed by atoms with Gasteiger partial charge in [-0.05, 0) is 18.2 Å². The van der Waals surface area contributed by atoms with E-state index in [1.54, 1.807) is 36.5 Å². The van der Waals surface area contributed by atoms with Crippen LogP contribution in [0.3, 0.4) is 0 Å². The lowest BCUT2D eigenvalue weighted by molar-refractivity contribution is -0.131. The van der Waals surface area contributed by atoms with Gasteiger partial charge in [-0.1, -0.05) is 23.4 Å². The molecule has 3 aromatic rings. The molecule has 0 spiro atoms. The minimum absolute atomic E-state index is 0.0910. The van der Waals surface area contributed by atoms with Crippen molar-refractivity contribution in [2.24, 2.45) is 0 Å². The number of rotatable bonds is 5. The number of benzene rings is 1. The van der Waals surface area contributed by atoms with Crippen molar-refractivity contribution in [2.75, 3.05) is 7.05 Å². The van der Waals surface area contributed by atoms with Crippen molar-refractivity contribution in [2.45, 2.75) is 13.1 Å². The van der Waals surface area contributed by atoms with Crippen LogP contribution in [0.4, 0.5) is 4.39 Å². The van der Waals surface area contributed by atoms with Gasteiger partial charge in [0.25, 0.3) is 0 Å². The van der Waals surface area contributed by atoms with Crippen molar-refractivity contribution in [1.29, 1.82) is 0 Å². The van der Waals surface area contributed by atoms with E-state index in [9.17, 15) is 14.0 Å². The number of nitrogens with zero attached hydrogens (tertiary/aromatic N) is 4. The van der Waals surface area contributed by atoms with Crippen LogP contribution in [0, 0.1) is 5.82 Å². The topological polar surface area (TPSA) is 81.2 Å². The second-order valence-electron chi connectivity index (χ2n) is 5.44. The molecule has 128 valence electrons. The van der Waals surface area contributed by atoms with E-state index in [0.29, 0.717) is 11.1 Å². The first-order chi connectivity index (χ1) is 12.1. The molecule has 0 N–H and O–H groups in total. The maximum atomic E-state index is 13.7. The SMILES string of the molecule is CN(Cc1ccccc1F)C(=O)Cn1c(-c2cccnc2)noc1=O. The maximum Gasteiger partial charge on any atom is 0.442 e. The number of carbonyl (C=O) groups excluding carboxylic acids is 1. The van der Waals surface area contributed by atoms with E-state index in [1.807, 2.05) is 0 Å². The summed E-state index contributed by atoms with van der Waals surface area (Å²) in [6, 6.07) is 9.60. The fourth-order valence-electron chi connectivity index (χ4n) is 2.34. The first-order valence-corrected chi connectivity index (χ1v) is 7.50. The van der Waals surface area contributed by atoms with Gasteiger partial charge in [0.1, 0.15) is 12.4 Å². The normalized spacial score (nSPS) is 10.6. The van der Waals surface area contributed by atoms with E-state index in [-0.39, 0.29) is 30.6 Å². The number of hydrogen-bond donors (Lipinski definition) is 0. The predicted octanol–water partition coefficient (Wildman–Crippen LogP) is 1.70. The van der Waals surface area contributed by atoms with E-state index in [2.05, 4.69) is 14.7 Å². The van der Waals surface area contributed by atoms with Crippen LogP contribution in [0.5, 0.6) is 0 Å². The summed E-state index contributed by atoms with van der Waals surface area (Å²) in [5, 5.41) is 3.70. The maximum absolute atomic E-state index is 13.7. The molecule has 3 rings (SSSR count). The van der Waals surface area contributed by atoms with Gasteiger partial charge in [-0.3, -0.25) is 14.3 Å². The molecule has 2 heterocycles. The number of halogens is 1. The van der Waals surface area contributed by atoms with Crippen molar-refractivity contribution in [3.05, 3.63) is 70.7 Å². The summed E-state index contributed by atoms with van der Waals surface area (Å²) < 4.78 is 19.5. The molecule has 1 amide bonds. The van der Waals surface area contributed by atoms with Crippen molar-refractivity contribution < 1.29 is 13.7 Å².